The second kappa shape index (κ2) is 4.41. The van der Waals surface area contributed by atoms with E-state index >= 15 is 0 Å². The molecule has 2 heterocycles. The van der Waals surface area contributed by atoms with Crippen LogP contribution in [0.5, 0.6) is 0 Å². The summed E-state index contributed by atoms with van der Waals surface area (Å²) in [5.41, 5.74) is 0.613. The Labute approximate surface area is 104 Å². The van der Waals surface area contributed by atoms with Crippen molar-refractivity contribution in [2.75, 3.05) is 13.1 Å². The van der Waals surface area contributed by atoms with E-state index in [1.165, 1.54) is 6.20 Å². The van der Waals surface area contributed by atoms with Crippen LogP contribution < -0.4 is 5.32 Å². The molecule has 1 aliphatic heterocycles. The van der Waals surface area contributed by atoms with Crippen LogP contribution in [0, 0.1) is 11.9 Å². The first-order valence-corrected chi connectivity index (χ1v) is 6.35. The molecular weight excluding hydrogens is 271 g/mol. The molecule has 0 spiro atoms. The molecule has 2 nitrogen and oxygen atoms in total. The van der Waals surface area contributed by atoms with Crippen LogP contribution in [0.3, 0.4) is 0 Å². The van der Waals surface area contributed by atoms with Crippen LogP contribution in [0.4, 0.5) is 4.39 Å². The number of halogens is 2. The molecule has 1 saturated heterocycles. The van der Waals surface area contributed by atoms with Gasteiger partial charge >= 0.3 is 0 Å². The van der Waals surface area contributed by atoms with Crippen LogP contribution >= 0.6 is 15.9 Å². The number of piperidine rings is 1. The predicted molar refractivity (Wildman–Crippen MR) is 65.9 cm³/mol. The summed E-state index contributed by atoms with van der Waals surface area (Å²) >= 11 is 3.36. The topological polar surface area (TPSA) is 24.9 Å². The molecule has 1 aromatic heterocycles. The molecule has 2 unspecified atom stereocenters. The maximum absolute atomic E-state index is 13.8. The Morgan fingerprint density at radius 3 is 3.06 bits per heavy atom. The molecule has 2 rings (SSSR count). The summed E-state index contributed by atoms with van der Waals surface area (Å²) in [7, 11) is 0. The molecule has 88 valence electrons. The normalized spacial score (nSPS) is 30.4. The molecule has 0 aromatic carbocycles. The Morgan fingerprint density at radius 2 is 2.38 bits per heavy atom. The van der Waals surface area contributed by atoms with E-state index in [1.807, 2.05) is 6.07 Å². The lowest BCUT2D eigenvalue weighted by Gasteiger charge is -2.40. The zero-order chi connectivity index (χ0) is 11.8. The van der Waals surface area contributed by atoms with Gasteiger partial charge in [-0.05, 0) is 47.4 Å². The van der Waals surface area contributed by atoms with Gasteiger partial charge in [0.1, 0.15) is 0 Å². The number of hydrogen-bond donors (Lipinski definition) is 1. The molecule has 1 aromatic rings. The first-order valence-electron chi connectivity index (χ1n) is 5.56. The van der Waals surface area contributed by atoms with Crippen molar-refractivity contribution < 1.29 is 4.39 Å². The van der Waals surface area contributed by atoms with Crippen LogP contribution in [-0.2, 0) is 5.41 Å². The third-order valence-corrected chi connectivity index (χ3v) is 4.21. The summed E-state index contributed by atoms with van der Waals surface area (Å²) in [6.45, 7) is 6.16. The maximum atomic E-state index is 13.8. The molecule has 0 amide bonds. The van der Waals surface area contributed by atoms with Gasteiger partial charge in [0.15, 0.2) is 0 Å². The van der Waals surface area contributed by atoms with Crippen molar-refractivity contribution in [2.45, 2.75) is 25.7 Å². The van der Waals surface area contributed by atoms with Crippen molar-refractivity contribution in [1.82, 2.24) is 10.3 Å². The van der Waals surface area contributed by atoms with E-state index in [1.54, 1.807) is 0 Å². The van der Waals surface area contributed by atoms with E-state index in [4.69, 9.17) is 0 Å². The van der Waals surface area contributed by atoms with Gasteiger partial charge in [-0.2, -0.15) is 4.39 Å². The smallest absolute Gasteiger partial charge is 0.216 e. The average molecular weight is 287 g/mol. The molecule has 2 atom stereocenters. The van der Waals surface area contributed by atoms with Gasteiger partial charge in [0.2, 0.25) is 5.95 Å². The fourth-order valence-electron chi connectivity index (χ4n) is 2.36. The minimum atomic E-state index is -0.334. The van der Waals surface area contributed by atoms with Crippen molar-refractivity contribution in [3.05, 3.63) is 28.2 Å². The molecule has 0 aliphatic carbocycles. The van der Waals surface area contributed by atoms with Gasteiger partial charge in [0.05, 0.1) is 0 Å². The third kappa shape index (κ3) is 2.00. The number of nitrogens with one attached hydrogen (secondary N) is 1. The number of pyridine rings is 1. The van der Waals surface area contributed by atoms with Gasteiger partial charge in [-0.1, -0.05) is 13.8 Å². The fourth-order valence-corrected chi connectivity index (χ4v) is 2.69. The minimum absolute atomic E-state index is 0.119. The van der Waals surface area contributed by atoms with E-state index < -0.39 is 0 Å². The molecule has 1 aliphatic rings. The quantitative estimate of drug-likeness (QED) is 0.803. The highest BCUT2D eigenvalue weighted by atomic mass is 79.9. The average Bonchev–Trinajstić information content (AvgIpc) is 2.26. The van der Waals surface area contributed by atoms with Crippen LogP contribution in [0.15, 0.2) is 16.7 Å². The lowest BCUT2D eigenvalue weighted by Crippen LogP contribution is -2.45. The Morgan fingerprint density at radius 1 is 1.62 bits per heavy atom. The van der Waals surface area contributed by atoms with Gasteiger partial charge in [0, 0.05) is 21.6 Å². The number of nitrogens with zero attached hydrogens (tertiary/aromatic N) is 1. The van der Waals surface area contributed by atoms with Crippen molar-refractivity contribution in [2.24, 2.45) is 5.92 Å². The summed E-state index contributed by atoms with van der Waals surface area (Å²) in [5.74, 6) is 0.0753. The van der Waals surface area contributed by atoms with Gasteiger partial charge < -0.3 is 5.32 Å². The zero-order valence-electron chi connectivity index (χ0n) is 9.56. The number of aromatic nitrogens is 1. The summed E-state index contributed by atoms with van der Waals surface area (Å²) in [4.78, 5) is 3.80. The maximum Gasteiger partial charge on any atom is 0.216 e. The number of rotatable bonds is 1. The molecular formula is C12H16BrFN2. The molecule has 0 bridgehead atoms. The molecule has 1 fully saturated rings. The summed E-state index contributed by atoms with van der Waals surface area (Å²) in [6, 6.07) is 1.87. The van der Waals surface area contributed by atoms with Gasteiger partial charge in [-0.25, -0.2) is 4.98 Å². The van der Waals surface area contributed by atoms with E-state index in [9.17, 15) is 4.39 Å². The van der Waals surface area contributed by atoms with Crippen LogP contribution in [0.1, 0.15) is 25.8 Å². The second-order valence-corrected chi connectivity index (χ2v) is 5.68. The van der Waals surface area contributed by atoms with Crippen LogP contribution in [0.25, 0.3) is 0 Å². The first-order chi connectivity index (χ1) is 7.54. The monoisotopic (exact) mass is 286 g/mol. The van der Waals surface area contributed by atoms with Crippen molar-refractivity contribution in [3.8, 4) is 0 Å². The third-order valence-electron chi connectivity index (χ3n) is 3.78. The highest BCUT2D eigenvalue weighted by Gasteiger charge is 2.37. The van der Waals surface area contributed by atoms with E-state index in [-0.39, 0.29) is 11.4 Å². The van der Waals surface area contributed by atoms with Gasteiger partial charge in [-0.3, -0.25) is 0 Å². The Bertz CT molecular complexity index is 397. The number of hydrogen-bond acceptors (Lipinski definition) is 2. The highest BCUT2D eigenvalue weighted by molar-refractivity contribution is 9.10. The SMILES string of the molecule is CC1CNCCC1(C)c1cc(Br)cnc1F. The van der Waals surface area contributed by atoms with Crippen LogP contribution in [-0.4, -0.2) is 18.1 Å². The summed E-state index contributed by atoms with van der Waals surface area (Å²) in [6.07, 6.45) is 2.46. The molecule has 0 saturated carbocycles. The molecule has 1 N–H and O–H groups in total. The lowest BCUT2D eigenvalue weighted by atomic mass is 9.69. The van der Waals surface area contributed by atoms with Crippen molar-refractivity contribution in [3.63, 3.8) is 0 Å². The van der Waals surface area contributed by atoms with E-state index in [0.29, 0.717) is 5.92 Å². The van der Waals surface area contributed by atoms with Crippen molar-refractivity contribution >= 4 is 15.9 Å². The Hall–Kier alpha value is -0.480. The second-order valence-electron chi connectivity index (χ2n) is 4.76. The fraction of sp³-hybridized carbons (Fsp3) is 0.583. The Kier molecular flexibility index (Phi) is 3.31. The Balaban J connectivity index is 2.44. The van der Waals surface area contributed by atoms with Crippen LogP contribution in [0.2, 0.25) is 0 Å². The molecule has 0 radical (unpaired) electrons. The van der Waals surface area contributed by atoms with E-state index in [2.05, 4.69) is 40.1 Å². The largest absolute Gasteiger partial charge is 0.316 e. The summed E-state index contributed by atoms with van der Waals surface area (Å²) < 4.78 is 14.7. The standard InChI is InChI=1S/C12H16BrFN2/c1-8-6-15-4-3-12(8,2)10-5-9(13)7-16-11(10)14/h5,7-8,15H,3-4,6H2,1-2H3. The van der Waals surface area contributed by atoms with Crippen molar-refractivity contribution in [1.29, 1.82) is 0 Å². The van der Waals surface area contributed by atoms with Gasteiger partial charge in [-0.15, -0.1) is 0 Å². The highest BCUT2D eigenvalue weighted by Crippen LogP contribution is 2.38. The predicted octanol–water partition coefficient (Wildman–Crippen LogP) is 2.87. The van der Waals surface area contributed by atoms with Gasteiger partial charge in [0.25, 0.3) is 0 Å². The van der Waals surface area contributed by atoms with E-state index in [0.717, 1.165) is 29.5 Å². The minimum Gasteiger partial charge on any atom is -0.316 e. The summed E-state index contributed by atoms with van der Waals surface area (Å²) in [5, 5.41) is 3.34. The lowest BCUT2D eigenvalue weighted by molar-refractivity contribution is 0.229. The molecule has 4 heteroatoms. The first kappa shape index (κ1) is 12.0. The molecule has 16 heavy (non-hydrogen) atoms. The zero-order valence-corrected chi connectivity index (χ0v) is 11.1.